The lowest BCUT2D eigenvalue weighted by atomic mass is 10.1. The van der Waals surface area contributed by atoms with Crippen LogP contribution in [-0.4, -0.2) is 23.0 Å². The summed E-state index contributed by atoms with van der Waals surface area (Å²) in [4.78, 5) is 13.7. The van der Waals surface area contributed by atoms with Gasteiger partial charge in [0.2, 0.25) is 5.91 Å². The standard InChI is InChI=1S/C14H15BrN2O2/c1-10-7-13(16-19-10)9-17(2)14(18)8-11-3-5-12(15)6-4-11/h3-7H,8-9H2,1-2H3. The summed E-state index contributed by atoms with van der Waals surface area (Å²) in [5.74, 6) is 0.812. The van der Waals surface area contributed by atoms with E-state index < -0.39 is 0 Å². The molecule has 0 spiro atoms. The maximum Gasteiger partial charge on any atom is 0.227 e. The fourth-order valence-electron chi connectivity index (χ4n) is 1.74. The highest BCUT2D eigenvalue weighted by atomic mass is 79.9. The summed E-state index contributed by atoms with van der Waals surface area (Å²) in [7, 11) is 1.77. The first kappa shape index (κ1) is 13.8. The molecule has 19 heavy (non-hydrogen) atoms. The molecule has 0 fully saturated rings. The summed E-state index contributed by atoms with van der Waals surface area (Å²) in [6, 6.07) is 9.59. The molecule has 0 aliphatic rings. The van der Waals surface area contributed by atoms with Gasteiger partial charge in [-0.05, 0) is 24.6 Å². The molecule has 1 aromatic heterocycles. The monoisotopic (exact) mass is 322 g/mol. The molecule has 2 aromatic rings. The number of rotatable bonds is 4. The molecule has 5 heteroatoms. The number of likely N-dealkylation sites (N-methyl/N-ethyl adjacent to an activating group) is 1. The minimum Gasteiger partial charge on any atom is -0.361 e. The van der Waals surface area contributed by atoms with Gasteiger partial charge >= 0.3 is 0 Å². The number of aryl methyl sites for hydroxylation is 1. The fraction of sp³-hybridized carbons (Fsp3) is 0.286. The number of nitrogens with zero attached hydrogens (tertiary/aromatic N) is 2. The third-order valence-electron chi connectivity index (χ3n) is 2.77. The Morgan fingerprint density at radius 3 is 2.63 bits per heavy atom. The van der Waals surface area contributed by atoms with Crippen molar-refractivity contribution in [2.75, 3.05) is 7.05 Å². The van der Waals surface area contributed by atoms with Gasteiger partial charge in [0.05, 0.1) is 13.0 Å². The van der Waals surface area contributed by atoms with Crippen molar-refractivity contribution in [3.8, 4) is 0 Å². The Morgan fingerprint density at radius 1 is 1.37 bits per heavy atom. The molecule has 2 rings (SSSR count). The second kappa shape index (κ2) is 6.02. The van der Waals surface area contributed by atoms with Gasteiger partial charge in [-0.25, -0.2) is 0 Å². The van der Waals surface area contributed by atoms with Crippen molar-refractivity contribution < 1.29 is 9.32 Å². The van der Waals surface area contributed by atoms with Crippen LogP contribution in [0.5, 0.6) is 0 Å². The molecular formula is C14H15BrN2O2. The number of hydrogen-bond acceptors (Lipinski definition) is 3. The predicted octanol–water partition coefficient (Wildman–Crippen LogP) is 2.95. The molecule has 0 radical (unpaired) electrons. The summed E-state index contributed by atoms with van der Waals surface area (Å²) >= 11 is 3.37. The molecule has 100 valence electrons. The summed E-state index contributed by atoms with van der Waals surface area (Å²) in [5, 5.41) is 3.88. The minimum atomic E-state index is 0.0583. The van der Waals surface area contributed by atoms with Gasteiger partial charge in [-0.2, -0.15) is 0 Å². The van der Waals surface area contributed by atoms with Gasteiger partial charge in [-0.15, -0.1) is 0 Å². The van der Waals surface area contributed by atoms with Crippen LogP contribution in [0.4, 0.5) is 0 Å². The summed E-state index contributed by atoms with van der Waals surface area (Å²) in [5.41, 5.74) is 1.76. The van der Waals surface area contributed by atoms with Gasteiger partial charge < -0.3 is 9.42 Å². The number of halogens is 1. The van der Waals surface area contributed by atoms with Crippen LogP contribution in [0.3, 0.4) is 0 Å². The molecule has 1 amide bonds. The number of benzene rings is 1. The first-order chi connectivity index (χ1) is 9.04. The van der Waals surface area contributed by atoms with Gasteiger partial charge in [-0.3, -0.25) is 4.79 Å². The second-order valence-corrected chi connectivity index (χ2v) is 5.40. The third-order valence-corrected chi connectivity index (χ3v) is 3.30. The Bertz CT molecular complexity index is 563. The zero-order valence-electron chi connectivity index (χ0n) is 10.9. The molecule has 0 bridgehead atoms. The maximum absolute atomic E-state index is 12.1. The number of aromatic nitrogens is 1. The third kappa shape index (κ3) is 3.92. The Kier molecular flexibility index (Phi) is 4.37. The van der Waals surface area contributed by atoms with E-state index in [1.54, 1.807) is 11.9 Å². The van der Waals surface area contributed by atoms with Gasteiger partial charge in [0.25, 0.3) is 0 Å². The zero-order valence-corrected chi connectivity index (χ0v) is 12.5. The van der Waals surface area contributed by atoms with Gasteiger partial charge in [0, 0.05) is 17.6 Å². The van der Waals surface area contributed by atoms with E-state index in [-0.39, 0.29) is 5.91 Å². The highest BCUT2D eigenvalue weighted by molar-refractivity contribution is 9.10. The molecule has 0 N–H and O–H groups in total. The van der Waals surface area contributed by atoms with Crippen molar-refractivity contribution in [1.82, 2.24) is 10.1 Å². The Morgan fingerprint density at radius 2 is 2.05 bits per heavy atom. The quantitative estimate of drug-likeness (QED) is 0.869. The largest absolute Gasteiger partial charge is 0.361 e. The van der Waals surface area contributed by atoms with Crippen LogP contribution < -0.4 is 0 Å². The van der Waals surface area contributed by atoms with Gasteiger partial charge in [-0.1, -0.05) is 33.2 Å². The highest BCUT2D eigenvalue weighted by Gasteiger charge is 2.12. The van der Waals surface area contributed by atoms with E-state index >= 15 is 0 Å². The van der Waals surface area contributed by atoms with Gasteiger partial charge in [0.15, 0.2) is 0 Å². The Labute approximate surface area is 120 Å². The van der Waals surface area contributed by atoms with Crippen molar-refractivity contribution in [3.05, 3.63) is 51.8 Å². The van der Waals surface area contributed by atoms with E-state index in [0.29, 0.717) is 13.0 Å². The lowest BCUT2D eigenvalue weighted by Crippen LogP contribution is -2.27. The van der Waals surface area contributed by atoms with Crippen LogP contribution in [0.1, 0.15) is 17.0 Å². The van der Waals surface area contributed by atoms with E-state index in [1.165, 1.54) is 0 Å². The highest BCUT2D eigenvalue weighted by Crippen LogP contribution is 2.12. The van der Waals surface area contributed by atoms with Crippen molar-refractivity contribution in [3.63, 3.8) is 0 Å². The van der Waals surface area contributed by atoms with Crippen molar-refractivity contribution in [2.24, 2.45) is 0 Å². The Hall–Kier alpha value is -1.62. The SMILES string of the molecule is Cc1cc(CN(C)C(=O)Cc2ccc(Br)cc2)no1. The van der Waals surface area contributed by atoms with Crippen molar-refractivity contribution in [2.45, 2.75) is 19.9 Å². The van der Waals surface area contributed by atoms with E-state index in [1.807, 2.05) is 37.3 Å². The first-order valence-electron chi connectivity index (χ1n) is 5.95. The molecule has 1 aromatic carbocycles. The number of hydrogen-bond donors (Lipinski definition) is 0. The molecule has 0 saturated heterocycles. The molecule has 0 unspecified atom stereocenters. The van der Waals surface area contributed by atoms with E-state index in [4.69, 9.17) is 4.52 Å². The van der Waals surface area contributed by atoms with Crippen LogP contribution >= 0.6 is 15.9 Å². The molecule has 4 nitrogen and oxygen atoms in total. The van der Waals surface area contributed by atoms with Crippen LogP contribution in [0.15, 0.2) is 39.3 Å². The number of carbonyl (C=O) groups is 1. The summed E-state index contributed by atoms with van der Waals surface area (Å²) in [6.07, 6.45) is 0.389. The van der Waals surface area contributed by atoms with Crippen molar-refractivity contribution >= 4 is 21.8 Å². The number of carbonyl (C=O) groups excluding carboxylic acids is 1. The van der Waals surface area contributed by atoms with Crippen molar-refractivity contribution in [1.29, 1.82) is 0 Å². The van der Waals surface area contributed by atoms with Crippen LogP contribution in [0.25, 0.3) is 0 Å². The van der Waals surface area contributed by atoms with E-state index in [2.05, 4.69) is 21.1 Å². The molecule has 1 heterocycles. The maximum atomic E-state index is 12.1. The van der Waals surface area contributed by atoms with E-state index in [9.17, 15) is 4.79 Å². The van der Waals surface area contributed by atoms with Gasteiger partial charge in [0.1, 0.15) is 11.5 Å². The lowest BCUT2D eigenvalue weighted by molar-refractivity contribution is -0.129. The lowest BCUT2D eigenvalue weighted by Gasteiger charge is -2.15. The molecule has 0 atom stereocenters. The molecule has 0 aliphatic heterocycles. The molecular weight excluding hydrogens is 308 g/mol. The first-order valence-corrected chi connectivity index (χ1v) is 6.74. The molecule has 0 aliphatic carbocycles. The molecule has 0 saturated carbocycles. The van der Waals surface area contributed by atoms with Crippen LogP contribution in [-0.2, 0) is 17.8 Å². The summed E-state index contributed by atoms with van der Waals surface area (Å²) in [6.45, 7) is 2.30. The van der Waals surface area contributed by atoms with Crippen LogP contribution in [0, 0.1) is 6.92 Å². The number of amides is 1. The predicted molar refractivity (Wildman–Crippen MR) is 75.6 cm³/mol. The minimum absolute atomic E-state index is 0.0583. The fourth-order valence-corrected chi connectivity index (χ4v) is 2.00. The average Bonchev–Trinajstić information content (AvgIpc) is 2.77. The van der Waals surface area contributed by atoms with E-state index in [0.717, 1.165) is 21.5 Å². The normalized spacial score (nSPS) is 10.5. The Balaban J connectivity index is 1.94. The summed E-state index contributed by atoms with van der Waals surface area (Å²) < 4.78 is 5.99. The zero-order chi connectivity index (χ0) is 13.8. The second-order valence-electron chi connectivity index (χ2n) is 4.48. The average molecular weight is 323 g/mol. The topological polar surface area (TPSA) is 46.3 Å². The smallest absolute Gasteiger partial charge is 0.227 e. The van der Waals surface area contributed by atoms with Crippen LogP contribution in [0.2, 0.25) is 0 Å².